The lowest BCUT2D eigenvalue weighted by atomic mass is 9.93. The zero-order chi connectivity index (χ0) is 14.9. The van der Waals surface area contributed by atoms with Gasteiger partial charge in [0.1, 0.15) is 17.5 Å². The van der Waals surface area contributed by atoms with Crippen LogP contribution in [0.2, 0.25) is 0 Å². The molecule has 1 aliphatic rings. The fourth-order valence-electron chi connectivity index (χ4n) is 2.26. The molecule has 0 aromatic carbocycles. The molecule has 4 atom stereocenters. The van der Waals surface area contributed by atoms with E-state index in [0.29, 0.717) is 0 Å². The fourth-order valence-corrected chi connectivity index (χ4v) is 2.26. The Morgan fingerprint density at radius 2 is 2.40 bits per heavy atom. The summed E-state index contributed by atoms with van der Waals surface area (Å²) in [6, 6.07) is 1.32. The van der Waals surface area contributed by atoms with E-state index < -0.39 is 36.4 Å². The molecule has 0 saturated carbocycles. The Labute approximate surface area is 114 Å². The Morgan fingerprint density at radius 1 is 1.70 bits per heavy atom. The topological polar surface area (TPSA) is 111 Å². The molecule has 1 saturated heterocycles. The number of hydrogen-bond donors (Lipinski definition) is 3. The fraction of sp³-hybridized carbons (Fsp3) is 0.500. The molecule has 1 aromatic rings. The van der Waals surface area contributed by atoms with Crippen LogP contribution in [-0.2, 0) is 4.74 Å². The molecule has 0 radical (unpaired) electrons. The molecule has 1 aromatic heterocycles. The minimum absolute atomic E-state index is 0.000262. The highest BCUT2D eigenvalue weighted by atomic mass is 19.1. The van der Waals surface area contributed by atoms with Crippen LogP contribution in [0.3, 0.4) is 0 Å². The Morgan fingerprint density at radius 3 is 2.95 bits per heavy atom. The minimum atomic E-state index is -1.88. The number of hydrogen-bond acceptors (Lipinski definition) is 6. The molecule has 0 unspecified atom stereocenters. The van der Waals surface area contributed by atoms with Crippen molar-refractivity contribution in [3.8, 4) is 0 Å². The molecule has 1 fully saturated rings. The summed E-state index contributed by atoms with van der Waals surface area (Å²) in [6.45, 7) is 2.88. The van der Waals surface area contributed by atoms with Gasteiger partial charge in [0.05, 0.1) is 6.61 Å². The van der Waals surface area contributed by atoms with Crippen LogP contribution < -0.4 is 11.4 Å². The lowest BCUT2D eigenvalue weighted by Crippen LogP contribution is -2.45. The number of nitrogen functional groups attached to an aromatic ring is 1. The minimum Gasteiger partial charge on any atom is -0.393 e. The number of aliphatic hydroxyl groups is 2. The van der Waals surface area contributed by atoms with Gasteiger partial charge >= 0.3 is 5.69 Å². The zero-order valence-electron chi connectivity index (χ0n) is 10.6. The van der Waals surface area contributed by atoms with E-state index in [4.69, 9.17) is 10.5 Å². The van der Waals surface area contributed by atoms with E-state index in [1.54, 1.807) is 0 Å². The van der Waals surface area contributed by atoms with E-state index in [1.165, 1.54) is 18.3 Å². The summed E-state index contributed by atoms with van der Waals surface area (Å²) in [4.78, 5) is 15.2. The highest BCUT2D eigenvalue weighted by Gasteiger charge is 2.55. The molecular weight excluding hydrogens is 269 g/mol. The van der Waals surface area contributed by atoms with Gasteiger partial charge in [-0.3, -0.25) is 4.57 Å². The van der Waals surface area contributed by atoms with Crippen molar-refractivity contribution >= 4 is 5.82 Å². The normalized spacial score (nSPS) is 33.2. The molecule has 8 heteroatoms. The molecule has 2 rings (SSSR count). The number of aromatic nitrogens is 2. The smallest absolute Gasteiger partial charge is 0.351 e. The van der Waals surface area contributed by atoms with Crippen molar-refractivity contribution in [2.24, 2.45) is 0 Å². The van der Waals surface area contributed by atoms with Crippen LogP contribution in [0.4, 0.5) is 10.2 Å². The third kappa shape index (κ3) is 2.21. The van der Waals surface area contributed by atoms with Crippen LogP contribution in [0.25, 0.3) is 0 Å². The Balaban J connectivity index is 2.39. The average molecular weight is 285 g/mol. The van der Waals surface area contributed by atoms with Gasteiger partial charge in [0.15, 0.2) is 12.4 Å². The Hall–Kier alpha value is -1.77. The SMILES string of the molecule is C=CC[C@]1(CO)O[C@@H](n2ccc(N)nc2=O)[C@H](F)[C@@H]1O. The zero-order valence-corrected chi connectivity index (χ0v) is 10.6. The summed E-state index contributed by atoms with van der Waals surface area (Å²) >= 11 is 0. The van der Waals surface area contributed by atoms with Gasteiger partial charge in [0, 0.05) is 6.20 Å². The Bertz CT molecular complexity index is 564. The highest BCUT2D eigenvalue weighted by molar-refractivity contribution is 5.23. The third-order valence-corrected chi connectivity index (χ3v) is 3.35. The number of aliphatic hydroxyl groups excluding tert-OH is 2. The van der Waals surface area contributed by atoms with Crippen LogP contribution in [0, 0.1) is 0 Å². The number of nitrogens with zero attached hydrogens (tertiary/aromatic N) is 2. The summed E-state index contributed by atoms with van der Waals surface area (Å²) in [7, 11) is 0. The number of rotatable bonds is 4. The van der Waals surface area contributed by atoms with Gasteiger partial charge < -0.3 is 20.7 Å². The molecule has 0 spiro atoms. The monoisotopic (exact) mass is 285 g/mol. The molecule has 4 N–H and O–H groups in total. The van der Waals surface area contributed by atoms with Gasteiger partial charge in [0.25, 0.3) is 0 Å². The van der Waals surface area contributed by atoms with Crippen LogP contribution in [-0.4, -0.2) is 44.2 Å². The van der Waals surface area contributed by atoms with Crippen molar-refractivity contribution in [2.45, 2.75) is 30.5 Å². The van der Waals surface area contributed by atoms with Gasteiger partial charge in [-0.25, -0.2) is 9.18 Å². The van der Waals surface area contributed by atoms with Crippen molar-refractivity contribution in [3.63, 3.8) is 0 Å². The highest BCUT2D eigenvalue weighted by Crippen LogP contribution is 2.40. The summed E-state index contributed by atoms with van der Waals surface area (Å²) in [6.07, 6.45) is -2.17. The number of ether oxygens (including phenoxy) is 1. The van der Waals surface area contributed by atoms with Crippen molar-refractivity contribution in [3.05, 3.63) is 35.4 Å². The van der Waals surface area contributed by atoms with Crippen molar-refractivity contribution in [1.82, 2.24) is 9.55 Å². The number of alkyl halides is 1. The second-order valence-electron chi connectivity index (χ2n) is 4.66. The maximum Gasteiger partial charge on any atom is 0.351 e. The summed E-state index contributed by atoms with van der Waals surface area (Å²) < 4.78 is 20.5. The lowest BCUT2D eigenvalue weighted by molar-refractivity contribution is -0.126. The van der Waals surface area contributed by atoms with E-state index in [2.05, 4.69) is 11.6 Å². The van der Waals surface area contributed by atoms with E-state index in [9.17, 15) is 19.4 Å². The standard InChI is InChI=1S/C12H16FN3O4/c1-2-4-12(6-17)9(18)8(13)10(20-12)16-5-3-7(14)15-11(16)19/h2-3,5,8-10,17-18H,1,4,6H2,(H2,14,15,19)/t8-,9+,10-,12-/m1/s1. The number of nitrogens with two attached hydrogens (primary N) is 1. The Kier molecular flexibility index (Phi) is 3.89. The molecular formula is C12H16FN3O4. The van der Waals surface area contributed by atoms with Crippen LogP contribution in [0.5, 0.6) is 0 Å². The summed E-state index contributed by atoms with van der Waals surface area (Å²) in [5.41, 5.74) is 3.04. The maximum atomic E-state index is 14.2. The van der Waals surface area contributed by atoms with Crippen LogP contribution >= 0.6 is 0 Å². The van der Waals surface area contributed by atoms with Gasteiger partial charge in [-0.05, 0) is 12.5 Å². The number of anilines is 1. The number of halogens is 1. The lowest BCUT2D eigenvalue weighted by Gasteiger charge is -2.28. The average Bonchev–Trinajstić information content (AvgIpc) is 2.65. The van der Waals surface area contributed by atoms with Crippen molar-refractivity contribution < 1.29 is 19.3 Å². The molecule has 0 aliphatic carbocycles. The predicted octanol–water partition coefficient (Wildman–Crippen LogP) is -0.640. The molecule has 110 valence electrons. The van der Waals surface area contributed by atoms with Crippen molar-refractivity contribution in [2.75, 3.05) is 12.3 Å². The second kappa shape index (κ2) is 5.31. The first-order valence-corrected chi connectivity index (χ1v) is 6.01. The molecule has 7 nitrogen and oxygen atoms in total. The summed E-state index contributed by atoms with van der Waals surface area (Å²) in [5, 5.41) is 19.3. The molecule has 1 aliphatic heterocycles. The second-order valence-corrected chi connectivity index (χ2v) is 4.66. The quantitative estimate of drug-likeness (QED) is 0.635. The third-order valence-electron chi connectivity index (χ3n) is 3.35. The van der Waals surface area contributed by atoms with Crippen molar-refractivity contribution in [1.29, 1.82) is 0 Å². The predicted molar refractivity (Wildman–Crippen MR) is 68.6 cm³/mol. The van der Waals surface area contributed by atoms with Gasteiger partial charge in [0.2, 0.25) is 0 Å². The first kappa shape index (κ1) is 14.6. The molecule has 20 heavy (non-hydrogen) atoms. The van der Waals surface area contributed by atoms with E-state index in [-0.39, 0.29) is 12.2 Å². The van der Waals surface area contributed by atoms with Crippen LogP contribution in [0.15, 0.2) is 29.7 Å². The summed E-state index contributed by atoms with van der Waals surface area (Å²) in [5.74, 6) is -0.000262. The largest absolute Gasteiger partial charge is 0.393 e. The molecule has 0 bridgehead atoms. The van der Waals surface area contributed by atoms with Gasteiger partial charge in [-0.2, -0.15) is 4.98 Å². The van der Waals surface area contributed by atoms with E-state index in [0.717, 1.165) is 4.57 Å². The first-order valence-electron chi connectivity index (χ1n) is 6.01. The maximum absolute atomic E-state index is 14.2. The molecule has 0 amide bonds. The first-order chi connectivity index (χ1) is 9.45. The van der Waals surface area contributed by atoms with Gasteiger partial charge in [-0.1, -0.05) is 6.08 Å². The van der Waals surface area contributed by atoms with E-state index in [1.807, 2.05) is 0 Å². The molecule has 2 heterocycles. The van der Waals surface area contributed by atoms with Crippen LogP contribution in [0.1, 0.15) is 12.6 Å². The van der Waals surface area contributed by atoms with E-state index >= 15 is 0 Å². The van der Waals surface area contributed by atoms with Gasteiger partial charge in [-0.15, -0.1) is 6.58 Å².